The highest BCUT2D eigenvalue weighted by Crippen LogP contribution is 2.23. The van der Waals surface area contributed by atoms with Crippen LogP contribution in [0.3, 0.4) is 0 Å². The van der Waals surface area contributed by atoms with Crippen molar-refractivity contribution in [3.63, 3.8) is 0 Å². The van der Waals surface area contributed by atoms with E-state index in [0.717, 1.165) is 70.6 Å². The molecule has 0 amide bonds. The van der Waals surface area contributed by atoms with Gasteiger partial charge >= 0.3 is 11.9 Å². The van der Waals surface area contributed by atoms with Crippen molar-refractivity contribution in [2.75, 3.05) is 19.8 Å². The van der Waals surface area contributed by atoms with Crippen LogP contribution in [0.5, 0.6) is 0 Å². The zero-order valence-electron chi connectivity index (χ0n) is 40.1. The summed E-state index contributed by atoms with van der Waals surface area (Å²) in [6.45, 7) is 3.36. The van der Waals surface area contributed by atoms with Crippen molar-refractivity contribution in [3.8, 4) is 0 Å². The van der Waals surface area contributed by atoms with Gasteiger partial charge in [0, 0.05) is 12.8 Å². The summed E-state index contributed by atoms with van der Waals surface area (Å²) >= 11 is 0. The van der Waals surface area contributed by atoms with Crippen molar-refractivity contribution in [3.05, 3.63) is 48.6 Å². The van der Waals surface area contributed by atoms with E-state index in [-0.39, 0.29) is 26.1 Å². The number of rotatable bonds is 43. The highest BCUT2D eigenvalue weighted by atomic mass is 16.7. The largest absolute Gasteiger partial charge is 0.462 e. The summed E-state index contributed by atoms with van der Waals surface area (Å²) in [6.07, 6.45) is 45.6. The number of carbonyl (C=O) groups is 2. The van der Waals surface area contributed by atoms with Crippen LogP contribution >= 0.6 is 0 Å². The summed E-state index contributed by atoms with van der Waals surface area (Å²) in [7, 11) is 0. The molecular formula is C53H94O10. The first kappa shape index (κ1) is 58.7. The predicted molar refractivity (Wildman–Crippen MR) is 256 cm³/mol. The molecule has 1 saturated heterocycles. The minimum absolute atomic E-state index is 0.205. The Morgan fingerprint density at radius 3 is 1.46 bits per heavy atom. The lowest BCUT2D eigenvalue weighted by Crippen LogP contribution is -2.59. The SMILES string of the molecule is CCCCC/C=C/C/C=C/CCCCCCCC(=O)O[C@@H](COC(=O)CCC/C=C/CC/C=C/CCCCCCCCCCCCCCCC)CO[C@H]1O[C@@H](CO)[C@@H](O)C(O)C1O. The average Bonchev–Trinajstić information content (AvgIpc) is 3.28. The van der Waals surface area contributed by atoms with Crippen molar-refractivity contribution in [1.82, 2.24) is 0 Å². The van der Waals surface area contributed by atoms with Crippen LogP contribution in [0.25, 0.3) is 0 Å². The molecule has 0 saturated carbocycles. The fourth-order valence-electron chi connectivity index (χ4n) is 7.59. The second-order valence-electron chi connectivity index (χ2n) is 17.6. The number of carbonyl (C=O) groups excluding carboxylic acids is 2. The molecule has 0 radical (unpaired) electrons. The van der Waals surface area contributed by atoms with Crippen molar-refractivity contribution >= 4 is 11.9 Å². The van der Waals surface area contributed by atoms with Gasteiger partial charge in [0.25, 0.3) is 0 Å². The molecule has 0 aromatic rings. The number of aliphatic hydroxyl groups excluding tert-OH is 4. The number of aliphatic hydroxyl groups is 4. The summed E-state index contributed by atoms with van der Waals surface area (Å²) < 4.78 is 22.2. The van der Waals surface area contributed by atoms with Gasteiger partial charge in [-0.15, -0.1) is 0 Å². The molecule has 0 aliphatic carbocycles. The molecule has 0 bridgehead atoms. The van der Waals surface area contributed by atoms with E-state index in [1.165, 1.54) is 109 Å². The first-order valence-corrected chi connectivity index (χ1v) is 25.7. The van der Waals surface area contributed by atoms with E-state index in [1.807, 2.05) is 0 Å². The molecule has 0 aromatic carbocycles. The third kappa shape index (κ3) is 34.6. The topological polar surface area (TPSA) is 152 Å². The zero-order chi connectivity index (χ0) is 45.9. The molecular weight excluding hydrogens is 797 g/mol. The number of hydrogen-bond donors (Lipinski definition) is 4. The number of esters is 2. The Bertz CT molecular complexity index is 1170. The summed E-state index contributed by atoms with van der Waals surface area (Å²) in [6, 6.07) is 0. The van der Waals surface area contributed by atoms with Gasteiger partial charge < -0.3 is 39.4 Å². The molecule has 1 fully saturated rings. The maximum absolute atomic E-state index is 12.8. The molecule has 10 heteroatoms. The second-order valence-corrected chi connectivity index (χ2v) is 17.6. The van der Waals surface area contributed by atoms with Crippen LogP contribution in [0, 0.1) is 0 Å². The number of allylic oxidation sites excluding steroid dienone is 8. The van der Waals surface area contributed by atoms with E-state index >= 15 is 0 Å². The molecule has 0 spiro atoms. The number of ether oxygens (including phenoxy) is 4. The van der Waals surface area contributed by atoms with Crippen LogP contribution in [0.2, 0.25) is 0 Å². The van der Waals surface area contributed by atoms with E-state index in [9.17, 15) is 30.0 Å². The lowest BCUT2D eigenvalue weighted by Gasteiger charge is -2.39. The first-order chi connectivity index (χ1) is 30.8. The summed E-state index contributed by atoms with van der Waals surface area (Å²) in [4.78, 5) is 25.4. The number of unbranched alkanes of at least 4 members (excludes halogenated alkanes) is 24. The van der Waals surface area contributed by atoms with E-state index in [1.54, 1.807) is 0 Å². The Morgan fingerprint density at radius 1 is 0.492 bits per heavy atom. The third-order valence-electron chi connectivity index (χ3n) is 11.7. The maximum atomic E-state index is 12.8. The fourth-order valence-corrected chi connectivity index (χ4v) is 7.59. The lowest BCUT2D eigenvalue weighted by molar-refractivity contribution is -0.305. The van der Waals surface area contributed by atoms with Gasteiger partial charge in [0.05, 0.1) is 13.2 Å². The van der Waals surface area contributed by atoms with Crippen molar-refractivity contribution < 1.29 is 49.0 Å². The zero-order valence-corrected chi connectivity index (χ0v) is 40.1. The van der Waals surface area contributed by atoms with Crippen LogP contribution in [0.1, 0.15) is 219 Å². The minimum atomic E-state index is -1.60. The highest BCUT2D eigenvalue weighted by Gasteiger charge is 2.44. The lowest BCUT2D eigenvalue weighted by atomic mass is 9.99. The Morgan fingerprint density at radius 2 is 0.921 bits per heavy atom. The smallest absolute Gasteiger partial charge is 0.306 e. The van der Waals surface area contributed by atoms with Gasteiger partial charge in [0.1, 0.15) is 31.0 Å². The van der Waals surface area contributed by atoms with Crippen LogP contribution in [0.4, 0.5) is 0 Å². The van der Waals surface area contributed by atoms with Gasteiger partial charge in [-0.2, -0.15) is 0 Å². The van der Waals surface area contributed by atoms with E-state index in [4.69, 9.17) is 18.9 Å². The molecule has 0 aromatic heterocycles. The highest BCUT2D eigenvalue weighted by molar-refractivity contribution is 5.70. The summed E-state index contributed by atoms with van der Waals surface area (Å²) in [5.41, 5.74) is 0. The van der Waals surface area contributed by atoms with Crippen LogP contribution < -0.4 is 0 Å². The van der Waals surface area contributed by atoms with E-state index < -0.39 is 55.4 Å². The van der Waals surface area contributed by atoms with Gasteiger partial charge in [0.2, 0.25) is 0 Å². The summed E-state index contributed by atoms with van der Waals surface area (Å²) in [5, 5.41) is 40.2. The standard InChI is InChI=1S/C53H94O10/c1-3-5-7-9-11-13-15-17-19-20-21-22-23-24-25-26-28-29-31-33-35-37-39-41-48(55)60-44-46(45-61-53-52(59)51(58)50(57)47(43-54)63-53)62-49(56)42-40-38-36-34-32-30-27-18-16-14-12-10-8-6-4-2/h12,14,18,26-28,33,35,46-47,50-54,57-59H,3-11,13,15-17,19-25,29-32,34,36-45H2,1-2H3/b14-12+,27-18+,28-26+,35-33+/t46-,47-,50+,51?,52?,53-/m0/s1. The fraction of sp³-hybridized carbons (Fsp3) is 0.811. The molecule has 1 heterocycles. The molecule has 63 heavy (non-hydrogen) atoms. The molecule has 1 rings (SSSR count). The van der Waals surface area contributed by atoms with Gasteiger partial charge in [-0.25, -0.2) is 0 Å². The molecule has 1 aliphatic rings. The minimum Gasteiger partial charge on any atom is -0.462 e. The quantitative estimate of drug-likeness (QED) is 0.0264. The molecule has 4 N–H and O–H groups in total. The Balaban J connectivity index is 2.28. The first-order valence-electron chi connectivity index (χ1n) is 25.7. The van der Waals surface area contributed by atoms with Crippen molar-refractivity contribution in [2.24, 2.45) is 0 Å². The monoisotopic (exact) mass is 891 g/mol. The van der Waals surface area contributed by atoms with Crippen molar-refractivity contribution in [2.45, 2.75) is 256 Å². The van der Waals surface area contributed by atoms with Crippen LogP contribution in [-0.4, -0.2) is 89.0 Å². The number of hydrogen-bond acceptors (Lipinski definition) is 10. The average molecular weight is 891 g/mol. The van der Waals surface area contributed by atoms with E-state index in [0.29, 0.717) is 12.8 Å². The Kier molecular flexibility index (Phi) is 40.6. The predicted octanol–water partition coefficient (Wildman–Crippen LogP) is 12.0. The van der Waals surface area contributed by atoms with Gasteiger partial charge in [-0.3, -0.25) is 9.59 Å². The third-order valence-corrected chi connectivity index (χ3v) is 11.7. The van der Waals surface area contributed by atoms with Gasteiger partial charge in [-0.1, -0.05) is 178 Å². The van der Waals surface area contributed by atoms with Crippen molar-refractivity contribution in [1.29, 1.82) is 0 Å². The molecule has 10 nitrogen and oxygen atoms in total. The summed E-state index contributed by atoms with van der Waals surface area (Å²) in [5.74, 6) is -0.869. The molecule has 2 unspecified atom stereocenters. The molecule has 1 aliphatic heterocycles. The molecule has 6 atom stereocenters. The van der Waals surface area contributed by atoms with E-state index in [2.05, 4.69) is 62.5 Å². The molecule has 366 valence electrons. The normalized spacial score (nSPS) is 19.9. The van der Waals surface area contributed by atoms with Crippen LogP contribution in [0.15, 0.2) is 48.6 Å². The van der Waals surface area contributed by atoms with Gasteiger partial charge in [-0.05, 0) is 77.0 Å². The maximum Gasteiger partial charge on any atom is 0.306 e. The second kappa shape index (κ2) is 43.5. The van der Waals surface area contributed by atoms with Gasteiger partial charge in [0.15, 0.2) is 12.4 Å². The Hall–Kier alpha value is -2.34. The Labute approximate surface area is 384 Å². The van der Waals surface area contributed by atoms with Crippen LogP contribution in [-0.2, 0) is 28.5 Å².